The summed E-state index contributed by atoms with van der Waals surface area (Å²) in [4.78, 5) is 14.5. The monoisotopic (exact) mass is 362 g/mol. The summed E-state index contributed by atoms with van der Waals surface area (Å²) in [6.45, 7) is 4.67. The predicted octanol–water partition coefficient (Wildman–Crippen LogP) is 4.86. The first-order valence-corrected chi connectivity index (χ1v) is 8.44. The summed E-state index contributed by atoms with van der Waals surface area (Å²) in [6.07, 6.45) is -0.293. The number of halogens is 2. The van der Waals surface area contributed by atoms with E-state index in [-0.39, 0.29) is 18.0 Å². The zero-order chi connectivity index (χ0) is 18.0. The van der Waals surface area contributed by atoms with E-state index in [1.54, 1.807) is 41.3 Å². The third kappa shape index (κ3) is 4.11. The van der Waals surface area contributed by atoms with Crippen molar-refractivity contribution in [1.29, 1.82) is 0 Å². The molecule has 6 heteroatoms. The fourth-order valence-electron chi connectivity index (χ4n) is 2.84. The normalized spacial score (nSPS) is 19.5. The molecule has 2 aromatic rings. The number of ether oxygens (including phenoxy) is 1. The van der Waals surface area contributed by atoms with Gasteiger partial charge in [-0.2, -0.15) is 0 Å². The van der Waals surface area contributed by atoms with Crippen molar-refractivity contribution in [3.63, 3.8) is 0 Å². The first kappa shape index (κ1) is 17.7. The smallest absolute Gasteiger partial charge is 0.322 e. The minimum atomic E-state index is -0.459. The lowest BCUT2D eigenvalue weighted by molar-refractivity contribution is -0.0783. The summed E-state index contributed by atoms with van der Waals surface area (Å²) in [7, 11) is 0. The molecule has 0 saturated carbocycles. The predicted molar refractivity (Wildman–Crippen MR) is 96.3 cm³/mol. The van der Waals surface area contributed by atoms with Gasteiger partial charge in [-0.1, -0.05) is 29.8 Å². The van der Waals surface area contributed by atoms with E-state index in [2.05, 4.69) is 5.32 Å². The Labute approximate surface area is 151 Å². The lowest BCUT2D eigenvalue weighted by atomic mass is 9.98. The summed E-state index contributed by atoms with van der Waals surface area (Å²) in [6, 6.07) is 13.0. The average Bonchev–Trinajstić information content (AvgIpc) is 2.55. The second-order valence-corrected chi connectivity index (χ2v) is 7.15. The first-order chi connectivity index (χ1) is 11.8. The highest BCUT2D eigenvalue weighted by molar-refractivity contribution is 6.30. The molecule has 1 unspecified atom stereocenters. The van der Waals surface area contributed by atoms with Gasteiger partial charge in [0.1, 0.15) is 11.9 Å². The van der Waals surface area contributed by atoms with Gasteiger partial charge in [0.2, 0.25) is 0 Å². The van der Waals surface area contributed by atoms with Crippen LogP contribution < -0.4 is 5.32 Å². The Balaban J connectivity index is 1.77. The van der Waals surface area contributed by atoms with E-state index in [1.165, 1.54) is 12.1 Å². The van der Waals surface area contributed by atoms with Crippen LogP contribution in [0, 0.1) is 5.82 Å². The lowest BCUT2D eigenvalue weighted by Crippen LogP contribution is -2.57. The van der Waals surface area contributed by atoms with Crippen LogP contribution in [0.1, 0.15) is 25.5 Å². The van der Waals surface area contributed by atoms with Crippen molar-refractivity contribution in [1.82, 2.24) is 4.90 Å². The standard InChI is InChI=1S/C19H20ClFN2O2/c1-19(2)12-25-17(13-6-8-15(21)9-7-13)11-23(19)18(24)22-16-5-3-4-14(20)10-16/h3-10,17H,11-12H2,1-2H3,(H,22,24). The molecule has 1 atom stereocenters. The number of carbonyl (C=O) groups is 1. The minimum absolute atomic E-state index is 0.220. The van der Waals surface area contributed by atoms with Crippen molar-refractivity contribution in [2.75, 3.05) is 18.5 Å². The van der Waals surface area contributed by atoms with Crippen LogP contribution >= 0.6 is 11.6 Å². The third-order valence-corrected chi connectivity index (χ3v) is 4.51. The number of urea groups is 1. The van der Waals surface area contributed by atoms with Gasteiger partial charge in [-0.05, 0) is 49.7 Å². The maximum absolute atomic E-state index is 13.1. The van der Waals surface area contributed by atoms with E-state index < -0.39 is 5.54 Å². The number of nitrogens with zero attached hydrogens (tertiary/aromatic N) is 1. The Morgan fingerprint density at radius 3 is 2.68 bits per heavy atom. The molecular formula is C19H20ClFN2O2. The van der Waals surface area contributed by atoms with E-state index in [0.29, 0.717) is 23.9 Å². The largest absolute Gasteiger partial charge is 0.369 e. The number of hydrogen-bond acceptors (Lipinski definition) is 2. The van der Waals surface area contributed by atoms with Crippen molar-refractivity contribution in [2.45, 2.75) is 25.5 Å². The van der Waals surface area contributed by atoms with Crippen molar-refractivity contribution in [3.05, 3.63) is 64.9 Å². The summed E-state index contributed by atoms with van der Waals surface area (Å²) in [5, 5.41) is 3.43. The summed E-state index contributed by atoms with van der Waals surface area (Å²) >= 11 is 5.97. The van der Waals surface area contributed by atoms with Crippen molar-refractivity contribution in [2.24, 2.45) is 0 Å². The Hall–Kier alpha value is -2.11. The molecule has 1 fully saturated rings. The van der Waals surface area contributed by atoms with Crippen LogP contribution in [0.15, 0.2) is 48.5 Å². The highest BCUT2D eigenvalue weighted by Gasteiger charge is 2.38. The molecular weight excluding hydrogens is 343 g/mol. The van der Waals surface area contributed by atoms with Gasteiger partial charge in [0.15, 0.2) is 0 Å². The Morgan fingerprint density at radius 1 is 1.28 bits per heavy atom. The fraction of sp³-hybridized carbons (Fsp3) is 0.316. The molecule has 25 heavy (non-hydrogen) atoms. The van der Waals surface area contributed by atoms with Gasteiger partial charge in [0.05, 0.1) is 18.7 Å². The zero-order valence-corrected chi connectivity index (χ0v) is 14.9. The number of morpholine rings is 1. The van der Waals surface area contributed by atoms with Crippen LogP contribution in [0.3, 0.4) is 0 Å². The van der Waals surface area contributed by atoms with Gasteiger partial charge in [-0.15, -0.1) is 0 Å². The number of amides is 2. The molecule has 2 aromatic carbocycles. The Morgan fingerprint density at radius 2 is 2.00 bits per heavy atom. The van der Waals surface area contributed by atoms with E-state index in [9.17, 15) is 9.18 Å². The average molecular weight is 363 g/mol. The summed E-state index contributed by atoms with van der Waals surface area (Å²) in [5.41, 5.74) is 1.02. The summed E-state index contributed by atoms with van der Waals surface area (Å²) in [5.74, 6) is -0.296. The zero-order valence-electron chi connectivity index (χ0n) is 14.1. The number of anilines is 1. The summed E-state index contributed by atoms with van der Waals surface area (Å²) < 4.78 is 19.0. The molecule has 4 nitrogen and oxygen atoms in total. The number of benzene rings is 2. The van der Waals surface area contributed by atoms with E-state index in [4.69, 9.17) is 16.3 Å². The highest BCUT2D eigenvalue weighted by atomic mass is 35.5. The van der Waals surface area contributed by atoms with Gasteiger partial charge >= 0.3 is 6.03 Å². The Bertz CT molecular complexity index is 764. The van der Waals surface area contributed by atoms with E-state index in [1.807, 2.05) is 13.8 Å². The van der Waals surface area contributed by atoms with E-state index >= 15 is 0 Å². The van der Waals surface area contributed by atoms with Crippen LogP contribution in [0.4, 0.5) is 14.9 Å². The second-order valence-electron chi connectivity index (χ2n) is 6.71. The molecule has 132 valence electrons. The molecule has 1 N–H and O–H groups in total. The van der Waals surface area contributed by atoms with Crippen molar-refractivity contribution >= 4 is 23.3 Å². The van der Waals surface area contributed by atoms with Crippen LogP contribution in [0.2, 0.25) is 5.02 Å². The Kier molecular flexibility index (Phi) is 4.97. The van der Waals surface area contributed by atoms with Crippen molar-refractivity contribution in [3.8, 4) is 0 Å². The lowest BCUT2D eigenvalue weighted by Gasteiger charge is -2.45. The molecule has 1 heterocycles. The van der Waals surface area contributed by atoms with Gasteiger partial charge in [-0.3, -0.25) is 0 Å². The van der Waals surface area contributed by atoms with E-state index in [0.717, 1.165) is 5.56 Å². The maximum Gasteiger partial charge on any atom is 0.322 e. The molecule has 1 aliphatic heterocycles. The topological polar surface area (TPSA) is 41.6 Å². The molecule has 1 aliphatic rings. The number of carbonyl (C=O) groups excluding carboxylic acids is 1. The minimum Gasteiger partial charge on any atom is -0.369 e. The van der Waals surface area contributed by atoms with Gasteiger partial charge in [0.25, 0.3) is 0 Å². The number of rotatable bonds is 2. The number of nitrogens with one attached hydrogen (secondary N) is 1. The third-order valence-electron chi connectivity index (χ3n) is 4.28. The second kappa shape index (κ2) is 7.02. The molecule has 0 radical (unpaired) electrons. The molecule has 2 amide bonds. The highest BCUT2D eigenvalue weighted by Crippen LogP contribution is 2.31. The van der Waals surface area contributed by atoms with Crippen LogP contribution in [-0.2, 0) is 4.74 Å². The van der Waals surface area contributed by atoms with Gasteiger partial charge < -0.3 is 15.0 Å². The number of hydrogen-bond donors (Lipinski definition) is 1. The molecule has 0 bridgehead atoms. The van der Waals surface area contributed by atoms with Gasteiger partial charge in [-0.25, -0.2) is 9.18 Å². The quantitative estimate of drug-likeness (QED) is 0.828. The SMILES string of the molecule is CC1(C)COC(c2ccc(F)cc2)CN1C(=O)Nc1cccc(Cl)c1. The van der Waals surface area contributed by atoms with Crippen LogP contribution in [0.5, 0.6) is 0 Å². The van der Waals surface area contributed by atoms with Crippen LogP contribution in [-0.4, -0.2) is 29.6 Å². The first-order valence-electron chi connectivity index (χ1n) is 8.06. The maximum atomic E-state index is 13.1. The molecule has 0 aromatic heterocycles. The van der Waals surface area contributed by atoms with Crippen LogP contribution in [0.25, 0.3) is 0 Å². The molecule has 1 saturated heterocycles. The molecule has 0 aliphatic carbocycles. The molecule has 3 rings (SSSR count). The molecule has 0 spiro atoms. The fourth-order valence-corrected chi connectivity index (χ4v) is 3.03. The van der Waals surface area contributed by atoms with Crippen molar-refractivity contribution < 1.29 is 13.9 Å². The van der Waals surface area contributed by atoms with Gasteiger partial charge in [0, 0.05) is 10.7 Å².